The third-order valence-corrected chi connectivity index (χ3v) is 1.98. The van der Waals surface area contributed by atoms with Crippen molar-refractivity contribution in [2.45, 2.75) is 25.3 Å². The Morgan fingerprint density at radius 1 is 1.64 bits per heavy atom. The molecule has 0 spiro atoms. The number of carbonyl (C=O) groups is 2. The highest BCUT2D eigenvalue weighted by molar-refractivity contribution is 6.01. The van der Waals surface area contributed by atoms with E-state index in [4.69, 9.17) is 10.8 Å². The van der Waals surface area contributed by atoms with Crippen LogP contribution in [0.1, 0.15) is 19.3 Å². The van der Waals surface area contributed by atoms with Crippen LogP contribution in [0.25, 0.3) is 0 Å². The molecule has 0 unspecified atom stereocenters. The van der Waals surface area contributed by atoms with Crippen LogP contribution in [0.15, 0.2) is 17.7 Å². The van der Waals surface area contributed by atoms with Gasteiger partial charge >= 0.3 is 5.97 Å². The van der Waals surface area contributed by atoms with Gasteiger partial charge in [0.05, 0.1) is 12.5 Å². The van der Waals surface area contributed by atoms with Gasteiger partial charge in [0.25, 0.3) is 0 Å². The van der Waals surface area contributed by atoms with Crippen molar-refractivity contribution in [1.29, 1.82) is 0 Å². The lowest BCUT2D eigenvalue weighted by molar-refractivity contribution is -0.138. The second kappa shape index (κ2) is 4.72. The average molecular weight is 194 g/mol. The van der Waals surface area contributed by atoms with Crippen LogP contribution in [0.4, 0.5) is 0 Å². The van der Waals surface area contributed by atoms with Gasteiger partial charge in [-0.3, -0.25) is 9.59 Å². The molecule has 4 nitrogen and oxygen atoms in total. The molecule has 1 atom stereocenters. The largest absolute Gasteiger partial charge is 0.481 e. The first-order valence-electron chi connectivity index (χ1n) is 4.37. The summed E-state index contributed by atoms with van der Waals surface area (Å²) in [6.07, 6.45) is 7.23. The van der Waals surface area contributed by atoms with Crippen molar-refractivity contribution in [3.05, 3.63) is 23.8 Å². The molecule has 0 amide bonds. The average Bonchev–Trinajstić information content (AvgIpc) is 2.17. The van der Waals surface area contributed by atoms with E-state index in [0.29, 0.717) is 18.4 Å². The van der Waals surface area contributed by atoms with Gasteiger partial charge in [-0.2, -0.15) is 0 Å². The summed E-state index contributed by atoms with van der Waals surface area (Å²) in [7, 11) is 0. The molecule has 0 aromatic rings. The number of ketones is 1. The summed E-state index contributed by atoms with van der Waals surface area (Å²) >= 11 is 0. The SMILES string of the molecule is N[C@H](CC(=O)O)C(=O)C1=CC[C]=CC1. The minimum absolute atomic E-state index is 0.273. The van der Waals surface area contributed by atoms with Crippen LogP contribution in [-0.2, 0) is 9.59 Å². The summed E-state index contributed by atoms with van der Waals surface area (Å²) in [4.78, 5) is 21.9. The normalized spacial score (nSPS) is 17.4. The maximum absolute atomic E-state index is 11.5. The lowest BCUT2D eigenvalue weighted by atomic mass is 9.96. The molecule has 0 saturated heterocycles. The Labute approximate surface area is 82.1 Å². The highest BCUT2D eigenvalue weighted by atomic mass is 16.4. The van der Waals surface area contributed by atoms with E-state index in [1.165, 1.54) is 0 Å². The molecule has 1 aliphatic rings. The molecule has 0 heterocycles. The number of nitrogens with two attached hydrogens (primary N) is 1. The van der Waals surface area contributed by atoms with Gasteiger partial charge < -0.3 is 10.8 Å². The van der Waals surface area contributed by atoms with E-state index in [9.17, 15) is 9.59 Å². The molecular weight excluding hydrogens is 182 g/mol. The Morgan fingerprint density at radius 3 is 2.86 bits per heavy atom. The lowest BCUT2D eigenvalue weighted by Crippen LogP contribution is -2.34. The summed E-state index contributed by atoms with van der Waals surface area (Å²) in [6, 6.07) is -0.926. The fraction of sp³-hybridized carbons (Fsp3) is 0.400. The Bertz CT molecular complexity index is 304. The van der Waals surface area contributed by atoms with Crippen LogP contribution in [0, 0.1) is 6.08 Å². The molecule has 0 aromatic carbocycles. The molecular formula is C10H12NO3. The zero-order valence-electron chi connectivity index (χ0n) is 7.69. The van der Waals surface area contributed by atoms with Crippen molar-refractivity contribution >= 4 is 11.8 Å². The summed E-state index contributed by atoms with van der Waals surface area (Å²) in [5, 5.41) is 8.46. The molecule has 14 heavy (non-hydrogen) atoms. The first-order chi connectivity index (χ1) is 6.61. The lowest BCUT2D eigenvalue weighted by Gasteiger charge is -2.11. The van der Waals surface area contributed by atoms with E-state index in [1.807, 2.05) is 0 Å². The van der Waals surface area contributed by atoms with Crippen LogP contribution >= 0.6 is 0 Å². The molecule has 1 aliphatic carbocycles. The number of hydrogen-bond acceptors (Lipinski definition) is 3. The maximum atomic E-state index is 11.5. The minimum Gasteiger partial charge on any atom is -0.481 e. The topological polar surface area (TPSA) is 80.4 Å². The molecule has 4 heteroatoms. The van der Waals surface area contributed by atoms with E-state index >= 15 is 0 Å². The van der Waals surface area contributed by atoms with E-state index in [1.54, 1.807) is 12.2 Å². The smallest absolute Gasteiger partial charge is 0.305 e. The molecule has 3 N–H and O–H groups in total. The number of carbonyl (C=O) groups excluding carboxylic acids is 1. The molecule has 1 rings (SSSR count). The summed E-state index contributed by atoms with van der Waals surface area (Å²) < 4.78 is 0. The third-order valence-electron chi connectivity index (χ3n) is 1.98. The van der Waals surface area contributed by atoms with Crippen molar-refractivity contribution in [3.8, 4) is 0 Å². The van der Waals surface area contributed by atoms with Crippen molar-refractivity contribution in [3.63, 3.8) is 0 Å². The second-order valence-corrected chi connectivity index (χ2v) is 3.11. The molecule has 0 aromatic heterocycles. The highest BCUT2D eigenvalue weighted by Gasteiger charge is 2.20. The van der Waals surface area contributed by atoms with Crippen molar-refractivity contribution in [2.24, 2.45) is 5.73 Å². The van der Waals surface area contributed by atoms with Crippen LogP contribution in [0.5, 0.6) is 0 Å². The monoisotopic (exact) mass is 194 g/mol. The van der Waals surface area contributed by atoms with E-state index in [2.05, 4.69) is 6.08 Å². The first kappa shape index (κ1) is 10.7. The van der Waals surface area contributed by atoms with Crippen molar-refractivity contribution in [1.82, 2.24) is 0 Å². The van der Waals surface area contributed by atoms with Gasteiger partial charge in [0, 0.05) is 0 Å². The number of carboxylic acids is 1. The van der Waals surface area contributed by atoms with Crippen LogP contribution in [0.3, 0.4) is 0 Å². The highest BCUT2D eigenvalue weighted by Crippen LogP contribution is 2.13. The molecule has 1 radical (unpaired) electrons. The fourth-order valence-electron chi connectivity index (χ4n) is 1.25. The molecule has 0 fully saturated rings. The molecule has 0 bridgehead atoms. The van der Waals surface area contributed by atoms with Gasteiger partial charge in [-0.15, -0.1) is 0 Å². The van der Waals surface area contributed by atoms with Gasteiger partial charge in [-0.05, 0) is 24.5 Å². The number of rotatable bonds is 4. The van der Waals surface area contributed by atoms with Gasteiger partial charge in [0.15, 0.2) is 5.78 Å². The Morgan fingerprint density at radius 2 is 2.36 bits per heavy atom. The number of hydrogen-bond donors (Lipinski definition) is 2. The predicted molar refractivity (Wildman–Crippen MR) is 50.4 cm³/mol. The van der Waals surface area contributed by atoms with Gasteiger partial charge in [0.2, 0.25) is 0 Å². The summed E-state index contributed by atoms with van der Waals surface area (Å²) in [5.74, 6) is -1.32. The quantitative estimate of drug-likeness (QED) is 0.680. The Kier molecular flexibility index (Phi) is 3.59. The van der Waals surface area contributed by atoms with E-state index < -0.39 is 12.0 Å². The molecule has 75 valence electrons. The zero-order valence-corrected chi connectivity index (χ0v) is 7.69. The van der Waals surface area contributed by atoms with Crippen LogP contribution < -0.4 is 5.73 Å². The Hall–Kier alpha value is -1.42. The van der Waals surface area contributed by atoms with E-state index in [0.717, 1.165) is 0 Å². The van der Waals surface area contributed by atoms with Crippen LogP contribution in [0.2, 0.25) is 0 Å². The summed E-state index contributed by atoms with van der Waals surface area (Å²) in [6.45, 7) is 0. The number of allylic oxidation sites excluding steroid dienone is 3. The predicted octanol–water partition coefficient (Wildman–Crippen LogP) is 0.437. The first-order valence-corrected chi connectivity index (χ1v) is 4.37. The molecule has 0 aliphatic heterocycles. The van der Waals surface area contributed by atoms with Crippen molar-refractivity contribution < 1.29 is 14.7 Å². The second-order valence-electron chi connectivity index (χ2n) is 3.11. The zero-order chi connectivity index (χ0) is 10.6. The fourth-order valence-corrected chi connectivity index (χ4v) is 1.25. The summed E-state index contributed by atoms with van der Waals surface area (Å²) in [5.41, 5.74) is 6.04. The number of Topliss-reactive ketones (excluding diaryl/α,β-unsaturated/α-hetero) is 1. The van der Waals surface area contributed by atoms with Crippen LogP contribution in [-0.4, -0.2) is 22.9 Å². The minimum atomic E-state index is -1.05. The van der Waals surface area contributed by atoms with Gasteiger partial charge in [-0.25, -0.2) is 0 Å². The Balaban J connectivity index is 2.56. The van der Waals surface area contributed by atoms with Gasteiger partial charge in [-0.1, -0.05) is 12.2 Å². The standard InChI is InChI=1S/C10H12NO3/c11-8(6-9(12)13)10(14)7-4-2-1-3-5-7/h2,5,8H,3-4,6,11H2,(H,12,13)/t8-/m1/s1. The third kappa shape index (κ3) is 2.81. The molecule has 0 saturated carbocycles. The van der Waals surface area contributed by atoms with E-state index in [-0.39, 0.29) is 12.2 Å². The number of aliphatic carboxylic acids is 1. The maximum Gasteiger partial charge on any atom is 0.305 e. The van der Waals surface area contributed by atoms with Gasteiger partial charge in [0.1, 0.15) is 0 Å². The number of carboxylic acid groups (broad SMARTS) is 1. The van der Waals surface area contributed by atoms with Crippen molar-refractivity contribution in [2.75, 3.05) is 0 Å².